The average molecular weight is 599 g/mol. The Morgan fingerprint density at radius 3 is 2.24 bits per heavy atom. The van der Waals surface area contributed by atoms with E-state index in [4.69, 9.17) is 13.9 Å². The fourth-order valence-electron chi connectivity index (χ4n) is 4.31. The van der Waals surface area contributed by atoms with E-state index in [1.165, 1.54) is 6.07 Å². The molecule has 1 heterocycles. The molecule has 42 heavy (non-hydrogen) atoms. The van der Waals surface area contributed by atoms with E-state index in [1.54, 1.807) is 57.2 Å². The van der Waals surface area contributed by atoms with E-state index < -0.39 is 30.1 Å². The molecule has 0 fully saturated rings. The molecule has 0 N–H and O–H groups in total. The second-order valence-corrected chi connectivity index (χ2v) is 11.4. The summed E-state index contributed by atoms with van der Waals surface area (Å²) in [5.41, 5.74) is 0.611. The van der Waals surface area contributed by atoms with E-state index in [2.05, 4.69) is 11.7 Å². The van der Waals surface area contributed by atoms with Crippen molar-refractivity contribution in [2.24, 2.45) is 5.41 Å². The molecule has 0 spiro atoms. The molecular formula is C32H39F5O5. The summed E-state index contributed by atoms with van der Waals surface area (Å²) >= 11 is 0. The highest BCUT2D eigenvalue weighted by molar-refractivity contribution is 5.85. The number of alkyl halides is 5. The van der Waals surface area contributed by atoms with Gasteiger partial charge in [0.05, 0.1) is 24.2 Å². The standard InChI is InChI=1S/C32H39F5O5/c1-5-6-7-10-22-11-14-25(28(19-22)42-32(35,36)37)27-20-23-12-13-24(21-26(23)41-27)39-17-8-15-31(33,34)16-9-18-40-29(38)30(2,3)4/h11-14,19-21H,5-10,15-18H2,1-4H3. The van der Waals surface area contributed by atoms with Crippen LogP contribution in [0.4, 0.5) is 22.0 Å². The number of rotatable bonds is 15. The fraction of sp³-hybridized carbons (Fsp3) is 0.531. The summed E-state index contributed by atoms with van der Waals surface area (Å²) < 4.78 is 88.8. The Labute approximate surface area is 243 Å². The number of furan rings is 1. The van der Waals surface area contributed by atoms with Crippen LogP contribution >= 0.6 is 0 Å². The van der Waals surface area contributed by atoms with Crippen molar-refractivity contribution in [1.29, 1.82) is 0 Å². The predicted molar refractivity (Wildman–Crippen MR) is 151 cm³/mol. The minimum atomic E-state index is -4.86. The molecule has 0 bridgehead atoms. The first kappa shape index (κ1) is 33.2. The van der Waals surface area contributed by atoms with Gasteiger partial charge in [0.2, 0.25) is 5.92 Å². The van der Waals surface area contributed by atoms with Gasteiger partial charge in [-0.15, -0.1) is 13.2 Å². The molecule has 0 aliphatic heterocycles. The molecule has 10 heteroatoms. The van der Waals surface area contributed by atoms with E-state index in [-0.39, 0.29) is 49.5 Å². The highest BCUT2D eigenvalue weighted by Gasteiger charge is 2.33. The molecule has 232 valence electrons. The summed E-state index contributed by atoms with van der Waals surface area (Å²) in [6, 6.07) is 11.3. The SMILES string of the molecule is CCCCCc1ccc(-c2cc3ccc(OCCCC(F)(F)CCCOC(=O)C(C)(C)C)cc3o2)c(OC(F)(F)F)c1. The van der Waals surface area contributed by atoms with Gasteiger partial charge in [0.25, 0.3) is 0 Å². The number of ether oxygens (including phenoxy) is 3. The van der Waals surface area contributed by atoms with E-state index in [0.29, 0.717) is 23.1 Å². The van der Waals surface area contributed by atoms with Crippen molar-refractivity contribution in [2.45, 2.75) is 91.3 Å². The second-order valence-electron chi connectivity index (χ2n) is 11.4. The Balaban J connectivity index is 1.58. The Morgan fingerprint density at radius 2 is 1.57 bits per heavy atom. The third-order valence-electron chi connectivity index (χ3n) is 6.59. The fourth-order valence-corrected chi connectivity index (χ4v) is 4.31. The van der Waals surface area contributed by atoms with Gasteiger partial charge in [-0.05, 0) is 82.3 Å². The van der Waals surface area contributed by atoms with Crippen molar-refractivity contribution in [3.8, 4) is 22.8 Å². The Morgan fingerprint density at radius 1 is 0.857 bits per heavy atom. The summed E-state index contributed by atoms with van der Waals surface area (Å²) in [6.07, 6.45) is -2.01. The molecule has 2 aromatic carbocycles. The van der Waals surface area contributed by atoms with Crippen LogP contribution in [-0.2, 0) is 16.0 Å². The maximum Gasteiger partial charge on any atom is 0.573 e. The van der Waals surface area contributed by atoms with E-state index in [1.807, 2.05) is 0 Å². The van der Waals surface area contributed by atoms with Gasteiger partial charge in [-0.3, -0.25) is 4.79 Å². The number of carbonyl (C=O) groups is 1. The molecule has 0 aliphatic carbocycles. The number of esters is 1. The van der Waals surface area contributed by atoms with Crippen molar-refractivity contribution in [2.75, 3.05) is 13.2 Å². The van der Waals surface area contributed by atoms with Crippen molar-refractivity contribution in [1.82, 2.24) is 0 Å². The maximum absolute atomic E-state index is 14.2. The summed E-state index contributed by atoms with van der Waals surface area (Å²) in [5, 5.41) is 0.640. The van der Waals surface area contributed by atoms with Gasteiger partial charge in [-0.2, -0.15) is 0 Å². The molecule has 0 aliphatic rings. The first-order valence-electron chi connectivity index (χ1n) is 14.3. The quantitative estimate of drug-likeness (QED) is 0.0990. The van der Waals surface area contributed by atoms with Crippen LogP contribution in [0.5, 0.6) is 11.5 Å². The molecule has 5 nitrogen and oxygen atoms in total. The van der Waals surface area contributed by atoms with Crippen LogP contribution in [0.1, 0.15) is 78.2 Å². The zero-order valence-corrected chi connectivity index (χ0v) is 24.5. The maximum atomic E-state index is 14.2. The Kier molecular flexibility index (Phi) is 11.3. The number of aryl methyl sites for hydroxylation is 1. The summed E-state index contributed by atoms with van der Waals surface area (Å²) in [6.45, 7) is 7.13. The van der Waals surface area contributed by atoms with Gasteiger partial charge in [-0.25, -0.2) is 8.78 Å². The van der Waals surface area contributed by atoms with Crippen molar-refractivity contribution in [3.63, 3.8) is 0 Å². The zero-order chi connectivity index (χ0) is 31.0. The number of hydrogen-bond acceptors (Lipinski definition) is 5. The molecule has 1 aromatic heterocycles. The topological polar surface area (TPSA) is 57.9 Å². The van der Waals surface area contributed by atoms with Crippen LogP contribution in [0.25, 0.3) is 22.3 Å². The predicted octanol–water partition coefficient (Wildman–Crippen LogP) is 9.89. The third-order valence-corrected chi connectivity index (χ3v) is 6.59. The minimum Gasteiger partial charge on any atom is -0.493 e. The van der Waals surface area contributed by atoms with Crippen LogP contribution in [0.2, 0.25) is 0 Å². The molecule has 3 rings (SSSR count). The van der Waals surface area contributed by atoms with Crippen molar-refractivity contribution >= 4 is 16.9 Å². The monoisotopic (exact) mass is 598 g/mol. The first-order chi connectivity index (χ1) is 19.7. The summed E-state index contributed by atoms with van der Waals surface area (Å²) in [4.78, 5) is 11.7. The van der Waals surface area contributed by atoms with E-state index in [9.17, 15) is 26.7 Å². The number of fused-ring (bicyclic) bond motifs is 1. The molecule has 0 radical (unpaired) electrons. The van der Waals surface area contributed by atoms with Crippen molar-refractivity contribution < 1.29 is 45.4 Å². The van der Waals surface area contributed by atoms with Gasteiger partial charge in [0.1, 0.15) is 22.8 Å². The van der Waals surface area contributed by atoms with Gasteiger partial charge in [0, 0.05) is 24.3 Å². The van der Waals surface area contributed by atoms with Crippen LogP contribution in [0, 0.1) is 5.41 Å². The molecule has 0 unspecified atom stereocenters. The third kappa shape index (κ3) is 10.5. The lowest BCUT2D eigenvalue weighted by Crippen LogP contribution is -2.24. The lowest BCUT2D eigenvalue weighted by Gasteiger charge is -2.18. The molecule has 0 amide bonds. The smallest absolute Gasteiger partial charge is 0.493 e. The highest BCUT2D eigenvalue weighted by atomic mass is 19.4. The Bertz CT molecular complexity index is 1310. The second kappa shape index (κ2) is 14.2. The molecule has 3 aromatic rings. The minimum absolute atomic E-state index is 0.0384. The van der Waals surface area contributed by atoms with Gasteiger partial charge in [0.15, 0.2) is 0 Å². The molecule has 0 saturated heterocycles. The lowest BCUT2D eigenvalue weighted by molar-refractivity contribution is -0.274. The van der Waals surface area contributed by atoms with Crippen molar-refractivity contribution in [3.05, 3.63) is 48.0 Å². The average Bonchev–Trinajstić information content (AvgIpc) is 3.31. The van der Waals surface area contributed by atoms with Crippen LogP contribution < -0.4 is 9.47 Å². The number of unbranched alkanes of at least 4 members (excludes halogenated alkanes) is 2. The largest absolute Gasteiger partial charge is 0.573 e. The van der Waals surface area contributed by atoms with Gasteiger partial charge >= 0.3 is 12.3 Å². The highest BCUT2D eigenvalue weighted by Crippen LogP contribution is 2.38. The lowest BCUT2D eigenvalue weighted by atomic mass is 9.97. The van der Waals surface area contributed by atoms with Crippen LogP contribution in [0.15, 0.2) is 46.9 Å². The number of hydrogen-bond donors (Lipinski definition) is 0. The normalized spacial score (nSPS) is 12.5. The Hall–Kier alpha value is -3.30. The zero-order valence-electron chi connectivity index (χ0n) is 24.5. The van der Waals surface area contributed by atoms with Gasteiger partial charge in [-0.1, -0.05) is 25.8 Å². The summed E-state index contributed by atoms with van der Waals surface area (Å²) in [7, 11) is 0. The van der Waals surface area contributed by atoms with E-state index >= 15 is 0 Å². The molecule has 0 atom stereocenters. The van der Waals surface area contributed by atoms with Gasteiger partial charge < -0.3 is 18.6 Å². The summed E-state index contributed by atoms with van der Waals surface area (Å²) in [5.74, 6) is -3.09. The van der Waals surface area contributed by atoms with E-state index in [0.717, 1.165) is 24.8 Å². The van der Waals surface area contributed by atoms with Crippen LogP contribution in [0.3, 0.4) is 0 Å². The number of benzene rings is 2. The van der Waals surface area contributed by atoms with Crippen LogP contribution in [-0.4, -0.2) is 31.5 Å². The molecule has 0 saturated carbocycles. The molecular weight excluding hydrogens is 559 g/mol. The first-order valence-corrected chi connectivity index (χ1v) is 14.3. The number of carbonyl (C=O) groups excluding carboxylic acids is 1. The number of halogens is 5.